The Kier molecular flexibility index (Phi) is 10.2. The number of anilines is 1. The van der Waals surface area contributed by atoms with Gasteiger partial charge in [0, 0.05) is 42.3 Å². The molecule has 322 valence electrons. The first kappa shape index (κ1) is 41.8. The molecule has 0 radical (unpaired) electrons. The van der Waals surface area contributed by atoms with Crippen LogP contribution in [-0.4, -0.2) is 55.8 Å². The van der Waals surface area contributed by atoms with Gasteiger partial charge in [-0.15, -0.1) is 5.10 Å². The summed E-state index contributed by atoms with van der Waals surface area (Å²) >= 11 is 5.05. The molecular formula is C41H30ClF6N11O3S. The second-order valence-electron chi connectivity index (χ2n) is 15.3. The summed E-state index contributed by atoms with van der Waals surface area (Å²) in [5.41, 5.74) is -1.54. The Bertz CT molecular complexity index is 3150. The minimum atomic E-state index is -3.55. The number of fused-ring (bicyclic) bond motifs is 5. The Balaban J connectivity index is 1.26. The average molecular weight is 906 g/mol. The number of nitriles is 1. The van der Waals surface area contributed by atoms with E-state index in [1.165, 1.54) is 54.4 Å². The van der Waals surface area contributed by atoms with Gasteiger partial charge in [0.05, 0.1) is 49.9 Å². The highest BCUT2D eigenvalue weighted by Gasteiger charge is 2.67. The smallest absolute Gasteiger partial charge is 0.293 e. The van der Waals surface area contributed by atoms with E-state index >= 15 is 13.6 Å². The maximum absolute atomic E-state index is 15.5. The molecule has 1 saturated carbocycles. The number of hydrogen-bond donors (Lipinski definition) is 2. The van der Waals surface area contributed by atoms with Crippen molar-refractivity contribution in [3.63, 3.8) is 0 Å². The van der Waals surface area contributed by atoms with E-state index in [2.05, 4.69) is 30.2 Å². The lowest BCUT2D eigenvalue weighted by molar-refractivity contribution is -0.123. The van der Waals surface area contributed by atoms with Crippen LogP contribution in [0.1, 0.15) is 64.5 Å². The van der Waals surface area contributed by atoms with Gasteiger partial charge in [0.1, 0.15) is 53.4 Å². The first-order valence-corrected chi connectivity index (χ1v) is 21.0. The number of carbonyl (C=O) groups excluding carboxylic acids is 1. The van der Waals surface area contributed by atoms with Gasteiger partial charge >= 0.3 is 0 Å². The van der Waals surface area contributed by atoms with Crippen molar-refractivity contribution in [1.82, 2.24) is 44.4 Å². The molecule has 2 aliphatic rings. The van der Waals surface area contributed by atoms with Gasteiger partial charge in [-0.2, -0.15) is 23.9 Å². The molecule has 0 spiro atoms. The van der Waals surface area contributed by atoms with Gasteiger partial charge in [0.15, 0.2) is 5.82 Å². The van der Waals surface area contributed by atoms with E-state index in [1.54, 1.807) is 6.92 Å². The Morgan fingerprint density at radius 3 is 2.52 bits per heavy atom. The molecule has 4 heterocycles. The van der Waals surface area contributed by atoms with Crippen molar-refractivity contribution < 1.29 is 35.7 Å². The van der Waals surface area contributed by atoms with Crippen LogP contribution >= 0.6 is 11.6 Å². The number of hydrogen-bond acceptors (Lipinski definition) is 10. The van der Waals surface area contributed by atoms with Gasteiger partial charge in [0.25, 0.3) is 17.9 Å². The van der Waals surface area contributed by atoms with Crippen molar-refractivity contribution in [2.45, 2.75) is 50.6 Å². The zero-order chi connectivity index (χ0) is 44.8. The molecule has 0 aliphatic heterocycles. The molecule has 2 N–H and O–H groups in total. The molecule has 4 unspecified atom stereocenters. The lowest BCUT2D eigenvalue weighted by Crippen LogP contribution is -2.38. The molecule has 7 aromatic rings. The monoisotopic (exact) mass is 905 g/mol. The van der Waals surface area contributed by atoms with E-state index in [1.807, 2.05) is 6.07 Å². The number of alkyl halides is 4. The Morgan fingerprint density at radius 1 is 1.08 bits per heavy atom. The summed E-state index contributed by atoms with van der Waals surface area (Å²) in [6.45, 7) is 0.673. The highest BCUT2D eigenvalue weighted by Crippen LogP contribution is 2.68. The predicted octanol–water partition coefficient (Wildman–Crippen LogP) is 6.99. The average Bonchev–Trinajstić information content (AvgIpc) is 3.75. The van der Waals surface area contributed by atoms with Crippen LogP contribution in [0.3, 0.4) is 0 Å². The van der Waals surface area contributed by atoms with E-state index in [0.29, 0.717) is 22.0 Å². The topological polar surface area (TPSA) is 184 Å². The highest BCUT2D eigenvalue weighted by molar-refractivity contribution is 7.92. The normalized spacial score (nSPS) is 17.1. The van der Waals surface area contributed by atoms with Crippen LogP contribution < -0.4 is 15.6 Å². The molecule has 0 saturated heterocycles. The Morgan fingerprint density at radius 2 is 1.83 bits per heavy atom. The molecule has 0 bridgehead atoms. The maximum atomic E-state index is 15.5. The third-order valence-corrected chi connectivity index (χ3v) is 11.8. The number of nitrogens with zero attached hydrogens (tertiary/aromatic N) is 9. The van der Waals surface area contributed by atoms with E-state index in [4.69, 9.17) is 16.6 Å². The quantitative estimate of drug-likeness (QED) is 0.101. The van der Waals surface area contributed by atoms with Gasteiger partial charge in [-0.25, -0.2) is 32.5 Å². The summed E-state index contributed by atoms with van der Waals surface area (Å²) < 4.78 is 107. The third-order valence-electron chi connectivity index (χ3n) is 11.0. The van der Waals surface area contributed by atoms with Gasteiger partial charge in [-0.1, -0.05) is 17.7 Å². The molecule has 9 rings (SSSR count). The van der Waals surface area contributed by atoms with Gasteiger partial charge in [-0.3, -0.25) is 23.5 Å². The number of aromatic nitrogens is 8. The zero-order valence-electron chi connectivity index (χ0n) is 32.9. The lowest BCUT2D eigenvalue weighted by atomic mass is 10.0. The van der Waals surface area contributed by atoms with Crippen LogP contribution in [0.2, 0.25) is 5.02 Å². The van der Waals surface area contributed by atoms with Crippen LogP contribution in [-0.2, 0) is 42.1 Å². The Hall–Kier alpha value is -6.50. The van der Waals surface area contributed by atoms with E-state index in [9.17, 15) is 32.2 Å². The van der Waals surface area contributed by atoms with Gasteiger partial charge < -0.3 is 9.87 Å². The molecular weight excluding hydrogens is 876 g/mol. The van der Waals surface area contributed by atoms with Crippen molar-refractivity contribution in [2.24, 2.45) is 13.0 Å². The van der Waals surface area contributed by atoms with Crippen LogP contribution in [0.15, 0.2) is 59.4 Å². The minimum absolute atomic E-state index is 0.00523. The number of halogens is 7. The van der Waals surface area contributed by atoms with E-state index in [0.717, 1.165) is 16.7 Å². The molecule has 3 aromatic carbocycles. The molecule has 22 heteroatoms. The summed E-state index contributed by atoms with van der Waals surface area (Å²) in [6, 6.07) is 11.9. The molecule has 1 fully saturated rings. The maximum Gasteiger partial charge on any atom is 0.293 e. The largest absolute Gasteiger partial charge is 0.593 e. The number of benzene rings is 3. The summed E-state index contributed by atoms with van der Waals surface area (Å²) in [4.78, 5) is 42.8. The fraction of sp³-hybridized carbons (Fsp3) is 0.268. The Labute approximate surface area is 359 Å². The SMILES string of the molecule is Cc1cc(C#N)nc(-c2ccc3c(=O)n(-c4ccc(Cl)c5c(N[S+](C)[O-])nn(C)c45)c(C(Cc4cc(F)cc(F)c4)NC(=O)Cn4nc(C(F)F)c5c4C(F)(F)C4CC54)nc3c2)n1. The summed E-state index contributed by atoms with van der Waals surface area (Å²) in [5, 5.41) is 20.8. The van der Waals surface area contributed by atoms with E-state index in [-0.39, 0.29) is 73.2 Å². The number of aryl methyl sites for hydroxylation is 2. The third kappa shape index (κ3) is 7.30. The van der Waals surface area contributed by atoms with Crippen LogP contribution in [0.4, 0.5) is 32.2 Å². The minimum Gasteiger partial charge on any atom is -0.593 e. The van der Waals surface area contributed by atoms with Gasteiger partial charge in [0.2, 0.25) is 11.7 Å². The summed E-state index contributed by atoms with van der Waals surface area (Å²) in [7, 11) is 1.53. The molecule has 2 aliphatic carbocycles. The summed E-state index contributed by atoms with van der Waals surface area (Å²) in [5.74, 6) is -8.64. The van der Waals surface area contributed by atoms with Gasteiger partial charge in [-0.05, 0) is 67.3 Å². The predicted molar refractivity (Wildman–Crippen MR) is 218 cm³/mol. The van der Waals surface area contributed by atoms with E-state index < -0.39 is 89.0 Å². The fourth-order valence-electron chi connectivity index (χ4n) is 8.43. The molecule has 4 atom stereocenters. The van der Waals surface area contributed by atoms with Crippen LogP contribution in [0, 0.1) is 35.8 Å². The first-order valence-electron chi connectivity index (χ1n) is 19.0. The van der Waals surface area contributed by atoms with Crippen molar-refractivity contribution >= 4 is 56.5 Å². The second-order valence-corrected chi connectivity index (χ2v) is 16.8. The standard InChI is InChI=1S/C41H30ClF6N11O3S/c1-17-8-22(15-49)51-37(50-17)19-4-5-23-27(12-19)53-39(59(40(23)61)29-7-6-26(42)32-34(29)57(2)55-38(32)56-63(3)62)28(11-18-9-20(43)13-21(44)10-18)52-30(60)16-58-35-31(33(54-58)36(45)46)24-14-25(24)41(35,47)48/h4-10,12-13,24-25,28,36H,11,14,16H2,1-3H3,(H,52,60)(H,55,56). The highest BCUT2D eigenvalue weighted by atomic mass is 35.5. The number of amides is 1. The van der Waals surface area contributed by atoms with Crippen molar-refractivity contribution in [3.05, 3.63) is 121 Å². The number of nitrogens with one attached hydrogen (secondary N) is 2. The number of carbonyl (C=O) groups is 1. The molecule has 14 nitrogen and oxygen atoms in total. The molecule has 63 heavy (non-hydrogen) atoms. The van der Waals surface area contributed by atoms with Crippen molar-refractivity contribution in [3.8, 4) is 23.1 Å². The molecule has 1 amide bonds. The lowest BCUT2D eigenvalue weighted by Gasteiger charge is -2.24. The van der Waals surface area contributed by atoms with Crippen molar-refractivity contribution in [2.75, 3.05) is 11.0 Å². The molecule has 4 aromatic heterocycles. The van der Waals surface area contributed by atoms with Crippen molar-refractivity contribution in [1.29, 1.82) is 5.26 Å². The summed E-state index contributed by atoms with van der Waals surface area (Å²) in [6.07, 6.45) is -2.31. The van der Waals surface area contributed by atoms with Crippen LogP contribution in [0.5, 0.6) is 0 Å². The second kappa shape index (κ2) is 15.4. The zero-order valence-corrected chi connectivity index (χ0v) is 34.5. The fourth-order valence-corrected chi connectivity index (χ4v) is 9.09. The number of rotatable bonds is 11. The first-order chi connectivity index (χ1) is 29.9. The van der Waals surface area contributed by atoms with Crippen LogP contribution in [0.25, 0.3) is 38.9 Å².